The van der Waals surface area contributed by atoms with Gasteiger partial charge in [-0.3, -0.25) is 0 Å². The summed E-state index contributed by atoms with van der Waals surface area (Å²) in [6.45, 7) is 14.3. The maximum Gasteiger partial charge on any atom is 0.191 e. The molecule has 0 aliphatic carbocycles. The van der Waals surface area contributed by atoms with Gasteiger partial charge in [0.15, 0.2) is 5.96 Å². The van der Waals surface area contributed by atoms with E-state index < -0.39 is 0 Å². The summed E-state index contributed by atoms with van der Waals surface area (Å²) in [4.78, 5) is 4.73. The van der Waals surface area contributed by atoms with Gasteiger partial charge in [0.05, 0.1) is 19.8 Å². The standard InChI is InChI=1S/C22H39N3O3.HI/c1-6-22(7-2,17-26)16-25-21(23-8-3)24-15-19-11-10-18(5)14-20(19)28-13-12-27-9-4;/h10-11,14,26H,6-9,12-13,15-17H2,1-5H3,(H2,23,24,25);1H. The van der Waals surface area contributed by atoms with Gasteiger partial charge >= 0.3 is 0 Å². The van der Waals surface area contributed by atoms with Gasteiger partial charge < -0.3 is 25.2 Å². The minimum atomic E-state index is -0.117. The molecular weight excluding hydrogens is 481 g/mol. The van der Waals surface area contributed by atoms with Crippen molar-refractivity contribution >= 4 is 29.9 Å². The highest BCUT2D eigenvalue weighted by Crippen LogP contribution is 2.24. The first-order valence-electron chi connectivity index (χ1n) is 10.5. The molecular formula is C22H40IN3O3. The molecule has 168 valence electrons. The van der Waals surface area contributed by atoms with Crippen LogP contribution in [0.5, 0.6) is 5.75 Å². The molecule has 7 heteroatoms. The van der Waals surface area contributed by atoms with Crippen LogP contribution in [-0.2, 0) is 11.3 Å². The van der Waals surface area contributed by atoms with Gasteiger partial charge in [-0.25, -0.2) is 4.99 Å². The maximum atomic E-state index is 9.78. The van der Waals surface area contributed by atoms with Crippen molar-refractivity contribution in [1.29, 1.82) is 0 Å². The summed E-state index contributed by atoms with van der Waals surface area (Å²) in [6.07, 6.45) is 1.84. The molecule has 1 aromatic carbocycles. The van der Waals surface area contributed by atoms with Crippen molar-refractivity contribution in [2.75, 3.05) is 39.5 Å². The SMILES string of the molecule is CCNC(=NCc1ccc(C)cc1OCCOCC)NCC(CC)(CC)CO.I. The number of benzene rings is 1. The van der Waals surface area contributed by atoms with Gasteiger partial charge in [0.25, 0.3) is 0 Å². The van der Waals surface area contributed by atoms with Crippen molar-refractivity contribution < 1.29 is 14.6 Å². The molecule has 1 rings (SSSR count). The molecule has 0 aromatic heterocycles. The quantitative estimate of drug-likeness (QED) is 0.159. The molecule has 0 saturated heterocycles. The van der Waals surface area contributed by atoms with Crippen LogP contribution in [0.3, 0.4) is 0 Å². The Morgan fingerprint density at radius 2 is 1.83 bits per heavy atom. The third-order valence-corrected chi connectivity index (χ3v) is 5.13. The molecule has 0 fully saturated rings. The van der Waals surface area contributed by atoms with Gasteiger partial charge in [0.2, 0.25) is 0 Å². The summed E-state index contributed by atoms with van der Waals surface area (Å²) in [5.74, 6) is 1.61. The number of halogens is 1. The predicted molar refractivity (Wildman–Crippen MR) is 132 cm³/mol. The molecule has 0 aliphatic rings. The number of aryl methyl sites for hydroxylation is 1. The Morgan fingerprint density at radius 1 is 1.10 bits per heavy atom. The molecule has 0 unspecified atom stereocenters. The van der Waals surface area contributed by atoms with Gasteiger partial charge in [-0.1, -0.05) is 26.0 Å². The number of rotatable bonds is 13. The molecule has 29 heavy (non-hydrogen) atoms. The molecule has 6 nitrogen and oxygen atoms in total. The van der Waals surface area contributed by atoms with Gasteiger partial charge in [-0.2, -0.15) is 0 Å². The second-order valence-electron chi connectivity index (χ2n) is 7.07. The van der Waals surface area contributed by atoms with Gasteiger partial charge in [-0.15, -0.1) is 24.0 Å². The second-order valence-corrected chi connectivity index (χ2v) is 7.07. The number of guanidine groups is 1. The summed E-state index contributed by atoms with van der Waals surface area (Å²) in [6, 6.07) is 6.18. The summed E-state index contributed by atoms with van der Waals surface area (Å²) in [5.41, 5.74) is 2.08. The van der Waals surface area contributed by atoms with Crippen LogP contribution in [0.25, 0.3) is 0 Å². The molecule has 0 amide bonds. The molecule has 0 heterocycles. The van der Waals surface area contributed by atoms with E-state index in [1.54, 1.807) is 0 Å². The number of hydrogen-bond acceptors (Lipinski definition) is 4. The fourth-order valence-electron chi connectivity index (χ4n) is 2.84. The average Bonchev–Trinajstić information content (AvgIpc) is 2.71. The Kier molecular flexibility index (Phi) is 15.2. The van der Waals surface area contributed by atoms with Crippen molar-refractivity contribution in [2.45, 2.75) is 54.0 Å². The first kappa shape index (κ1) is 27.9. The highest BCUT2D eigenvalue weighted by atomic mass is 127. The molecule has 0 saturated carbocycles. The van der Waals surface area contributed by atoms with E-state index in [2.05, 4.69) is 43.5 Å². The lowest BCUT2D eigenvalue weighted by molar-refractivity contribution is 0.110. The van der Waals surface area contributed by atoms with Crippen LogP contribution in [0.2, 0.25) is 0 Å². The van der Waals surface area contributed by atoms with Crippen LogP contribution >= 0.6 is 24.0 Å². The van der Waals surface area contributed by atoms with E-state index in [-0.39, 0.29) is 36.0 Å². The topological polar surface area (TPSA) is 75.1 Å². The van der Waals surface area contributed by atoms with Crippen molar-refractivity contribution in [3.63, 3.8) is 0 Å². The van der Waals surface area contributed by atoms with Crippen LogP contribution in [0.4, 0.5) is 0 Å². The zero-order chi connectivity index (χ0) is 20.8. The normalized spacial score (nSPS) is 11.7. The first-order valence-corrected chi connectivity index (χ1v) is 10.5. The Bertz CT molecular complexity index is 584. The van der Waals surface area contributed by atoms with E-state index in [1.807, 2.05) is 19.9 Å². The van der Waals surface area contributed by atoms with Crippen LogP contribution in [0.15, 0.2) is 23.2 Å². The lowest BCUT2D eigenvalue weighted by Crippen LogP contribution is -2.44. The average molecular weight is 521 g/mol. The van der Waals surface area contributed by atoms with Crippen LogP contribution < -0.4 is 15.4 Å². The maximum absolute atomic E-state index is 9.78. The monoisotopic (exact) mass is 521 g/mol. The van der Waals surface area contributed by atoms with E-state index >= 15 is 0 Å². The number of aliphatic hydroxyl groups excluding tert-OH is 1. The number of aliphatic imine (C=N–C) groups is 1. The summed E-state index contributed by atoms with van der Waals surface area (Å²) >= 11 is 0. The molecule has 1 aromatic rings. The Hall–Kier alpha value is -1.06. The lowest BCUT2D eigenvalue weighted by Gasteiger charge is -2.30. The molecule has 3 N–H and O–H groups in total. The zero-order valence-electron chi connectivity index (χ0n) is 18.7. The molecule has 0 bridgehead atoms. The van der Waals surface area contributed by atoms with Gasteiger partial charge in [0, 0.05) is 30.7 Å². The molecule has 0 aliphatic heterocycles. The first-order chi connectivity index (χ1) is 13.5. The Morgan fingerprint density at radius 3 is 2.41 bits per heavy atom. The van der Waals surface area contributed by atoms with Crippen molar-refractivity contribution in [3.05, 3.63) is 29.3 Å². The Balaban J connectivity index is 0.00000784. The minimum absolute atomic E-state index is 0. The van der Waals surface area contributed by atoms with E-state index in [1.165, 1.54) is 0 Å². The van der Waals surface area contributed by atoms with Gasteiger partial charge in [-0.05, 0) is 45.2 Å². The van der Waals surface area contributed by atoms with E-state index in [0.29, 0.717) is 32.9 Å². The third-order valence-electron chi connectivity index (χ3n) is 5.13. The van der Waals surface area contributed by atoms with Crippen molar-refractivity contribution in [1.82, 2.24) is 10.6 Å². The van der Waals surface area contributed by atoms with E-state index in [4.69, 9.17) is 14.5 Å². The fourth-order valence-corrected chi connectivity index (χ4v) is 2.84. The number of ether oxygens (including phenoxy) is 2. The van der Waals surface area contributed by atoms with E-state index in [0.717, 1.165) is 42.2 Å². The smallest absolute Gasteiger partial charge is 0.191 e. The van der Waals surface area contributed by atoms with Crippen LogP contribution in [0.1, 0.15) is 51.7 Å². The Labute approximate surface area is 193 Å². The number of nitrogens with zero attached hydrogens (tertiary/aromatic N) is 1. The van der Waals surface area contributed by atoms with Crippen molar-refractivity contribution in [3.8, 4) is 5.75 Å². The predicted octanol–water partition coefficient (Wildman–Crippen LogP) is 3.88. The third kappa shape index (κ3) is 10.00. The zero-order valence-corrected chi connectivity index (χ0v) is 21.0. The molecule has 0 atom stereocenters. The van der Waals surface area contributed by atoms with Crippen LogP contribution in [-0.4, -0.2) is 50.6 Å². The number of hydrogen-bond donors (Lipinski definition) is 3. The van der Waals surface area contributed by atoms with Crippen LogP contribution in [0, 0.1) is 12.3 Å². The number of aliphatic hydroxyl groups is 1. The van der Waals surface area contributed by atoms with Gasteiger partial charge in [0.1, 0.15) is 12.4 Å². The lowest BCUT2D eigenvalue weighted by atomic mass is 9.83. The molecule has 0 radical (unpaired) electrons. The van der Waals surface area contributed by atoms with E-state index in [9.17, 15) is 5.11 Å². The second kappa shape index (κ2) is 15.7. The summed E-state index contributed by atoms with van der Waals surface area (Å²) in [5, 5.41) is 16.5. The summed E-state index contributed by atoms with van der Waals surface area (Å²) < 4.78 is 11.3. The fraction of sp³-hybridized carbons (Fsp3) is 0.682. The largest absolute Gasteiger partial charge is 0.491 e. The van der Waals surface area contributed by atoms with Crippen molar-refractivity contribution in [2.24, 2.45) is 10.4 Å². The molecule has 0 spiro atoms. The summed E-state index contributed by atoms with van der Waals surface area (Å²) in [7, 11) is 0. The minimum Gasteiger partial charge on any atom is -0.491 e. The number of nitrogens with one attached hydrogen (secondary N) is 2. The highest BCUT2D eigenvalue weighted by Gasteiger charge is 2.25. The highest BCUT2D eigenvalue weighted by molar-refractivity contribution is 14.0.